The van der Waals surface area contributed by atoms with Crippen LogP contribution in [-0.4, -0.2) is 41.1 Å². The maximum absolute atomic E-state index is 7.07. The molecule has 1 aliphatic heterocycles. The van der Waals surface area contributed by atoms with Gasteiger partial charge in [0.1, 0.15) is 5.60 Å². The number of ether oxygens (including phenoxy) is 1. The minimum absolute atomic E-state index is 0.165. The zero-order valence-electron chi connectivity index (χ0n) is 19.8. The van der Waals surface area contributed by atoms with Crippen molar-refractivity contribution in [2.24, 2.45) is 5.92 Å². The van der Waals surface area contributed by atoms with Crippen LogP contribution in [0.2, 0.25) is 36.3 Å². The molecule has 0 aromatic carbocycles. The number of hydrogen-bond acceptors (Lipinski definition) is 3. The summed E-state index contributed by atoms with van der Waals surface area (Å²) in [7, 11) is -3.32. The van der Waals surface area contributed by atoms with E-state index >= 15 is 0 Å². The Bertz CT molecular complexity index is 407. The Hall–Kier alpha value is 0.314. The number of rotatable bonds is 13. The van der Waals surface area contributed by atoms with E-state index in [9.17, 15) is 0 Å². The molecule has 0 bridgehead atoms. The molecule has 162 valence electrons. The molecule has 1 fully saturated rings. The van der Waals surface area contributed by atoms with Gasteiger partial charge in [-0.05, 0) is 49.6 Å². The lowest BCUT2D eigenvalue weighted by Crippen LogP contribution is -2.53. The molecule has 0 spiro atoms. The maximum Gasteiger partial charge on any atom is 0.192 e. The second kappa shape index (κ2) is 10.9. The highest BCUT2D eigenvalue weighted by Gasteiger charge is 2.53. The van der Waals surface area contributed by atoms with Crippen LogP contribution in [0, 0.1) is 5.92 Å². The topological polar surface area (TPSA) is 27.7 Å². The summed E-state index contributed by atoms with van der Waals surface area (Å²) in [5.74, 6) is 0.441. The van der Waals surface area contributed by atoms with E-state index in [2.05, 4.69) is 62.3 Å². The van der Waals surface area contributed by atoms with Crippen molar-refractivity contribution in [3.63, 3.8) is 0 Å². The third-order valence-electron chi connectivity index (χ3n) is 7.57. The summed E-state index contributed by atoms with van der Waals surface area (Å²) < 4.78 is 20.5. The molecule has 0 amide bonds. The SMILES string of the molecule is CCC[C@H]1O[C@](C)(CO[Si](CC)(CC)CC)[C@H](O[Si](CC)(CC)CC)[C@H]1C. The quantitative estimate of drug-likeness (QED) is 0.303. The van der Waals surface area contributed by atoms with Gasteiger partial charge in [0, 0.05) is 5.92 Å². The van der Waals surface area contributed by atoms with Crippen LogP contribution in [0.4, 0.5) is 0 Å². The highest BCUT2D eigenvalue weighted by atomic mass is 28.4. The second-order valence-corrected chi connectivity index (χ2v) is 18.4. The second-order valence-electron chi connectivity index (χ2n) is 8.93. The smallest absolute Gasteiger partial charge is 0.192 e. The van der Waals surface area contributed by atoms with E-state index in [4.69, 9.17) is 13.6 Å². The molecule has 0 N–H and O–H groups in total. The van der Waals surface area contributed by atoms with E-state index in [1.165, 1.54) is 36.3 Å². The summed E-state index contributed by atoms with van der Waals surface area (Å²) in [5, 5.41) is 0. The fourth-order valence-electron chi connectivity index (χ4n) is 4.85. The van der Waals surface area contributed by atoms with E-state index in [1.807, 2.05) is 0 Å². The van der Waals surface area contributed by atoms with E-state index in [-0.39, 0.29) is 11.7 Å². The van der Waals surface area contributed by atoms with Gasteiger partial charge in [0.15, 0.2) is 16.6 Å². The normalized spacial score (nSPS) is 29.4. The Kier molecular flexibility index (Phi) is 10.2. The first-order valence-corrected chi connectivity index (χ1v) is 16.8. The summed E-state index contributed by atoms with van der Waals surface area (Å²) in [6.07, 6.45) is 2.74. The molecule has 1 rings (SSSR count). The zero-order valence-corrected chi connectivity index (χ0v) is 21.8. The van der Waals surface area contributed by atoms with E-state index in [0.717, 1.165) is 12.8 Å². The standard InChI is InChI=1S/C22H48O3Si2/c1-10-17-20-19(8)21(25-27(14-5,15-6)16-7)22(9,24-20)18-23-26(11-2,12-3)13-4/h19-21H,10-18H2,1-9H3/t19-,20+,21+,22+/m0/s1. The van der Waals surface area contributed by atoms with Crippen LogP contribution in [0.15, 0.2) is 0 Å². The van der Waals surface area contributed by atoms with Crippen molar-refractivity contribution < 1.29 is 13.6 Å². The molecule has 0 aromatic heterocycles. The third-order valence-corrected chi connectivity index (χ3v) is 16.8. The van der Waals surface area contributed by atoms with Gasteiger partial charge < -0.3 is 13.6 Å². The molecule has 27 heavy (non-hydrogen) atoms. The molecule has 0 aliphatic carbocycles. The summed E-state index contributed by atoms with van der Waals surface area (Å²) in [5.41, 5.74) is -0.311. The average molecular weight is 417 g/mol. The van der Waals surface area contributed by atoms with E-state index in [1.54, 1.807) is 0 Å². The first-order chi connectivity index (χ1) is 12.7. The first kappa shape index (κ1) is 25.4. The average Bonchev–Trinajstić information content (AvgIpc) is 2.92. The zero-order chi connectivity index (χ0) is 20.7. The lowest BCUT2D eigenvalue weighted by molar-refractivity contribution is -0.0926. The molecule has 1 saturated heterocycles. The Morgan fingerprint density at radius 3 is 1.70 bits per heavy atom. The van der Waals surface area contributed by atoms with Gasteiger partial charge in [-0.1, -0.05) is 61.8 Å². The van der Waals surface area contributed by atoms with Gasteiger partial charge in [0.2, 0.25) is 0 Å². The van der Waals surface area contributed by atoms with Gasteiger partial charge >= 0.3 is 0 Å². The largest absolute Gasteiger partial charge is 0.414 e. The van der Waals surface area contributed by atoms with Crippen molar-refractivity contribution in [2.75, 3.05) is 6.61 Å². The van der Waals surface area contributed by atoms with Crippen LogP contribution >= 0.6 is 0 Å². The summed E-state index contributed by atoms with van der Waals surface area (Å²) in [6.45, 7) is 21.4. The molecule has 3 nitrogen and oxygen atoms in total. The van der Waals surface area contributed by atoms with Crippen LogP contribution in [0.25, 0.3) is 0 Å². The molecule has 4 atom stereocenters. The first-order valence-electron chi connectivity index (χ1n) is 11.7. The van der Waals surface area contributed by atoms with Gasteiger partial charge in [-0.15, -0.1) is 0 Å². The predicted octanol–water partition coefficient (Wildman–Crippen LogP) is 6.99. The van der Waals surface area contributed by atoms with Gasteiger partial charge in [-0.25, -0.2) is 0 Å². The molecule has 1 heterocycles. The molecule has 0 radical (unpaired) electrons. The molecular weight excluding hydrogens is 368 g/mol. The van der Waals surface area contributed by atoms with Gasteiger partial charge in [-0.3, -0.25) is 0 Å². The molecular formula is C22H48O3Si2. The number of hydrogen-bond donors (Lipinski definition) is 0. The van der Waals surface area contributed by atoms with Crippen LogP contribution in [-0.2, 0) is 13.6 Å². The lowest BCUT2D eigenvalue weighted by Gasteiger charge is -2.41. The van der Waals surface area contributed by atoms with Crippen LogP contribution in [0.1, 0.15) is 75.2 Å². The molecule has 5 heteroatoms. The fraction of sp³-hybridized carbons (Fsp3) is 1.00. The summed E-state index contributed by atoms with van der Waals surface area (Å²) in [6, 6.07) is 7.13. The van der Waals surface area contributed by atoms with Crippen molar-refractivity contribution in [2.45, 2.75) is 129 Å². The molecule has 0 saturated carbocycles. The Morgan fingerprint density at radius 1 is 0.815 bits per heavy atom. The van der Waals surface area contributed by atoms with Crippen LogP contribution in [0.3, 0.4) is 0 Å². The van der Waals surface area contributed by atoms with Crippen molar-refractivity contribution >= 4 is 16.6 Å². The monoisotopic (exact) mass is 416 g/mol. The van der Waals surface area contributed by atoms with Crippen molar-refractivity contribution in [3.8, 4) is 0 Å². The Balaban J connectivity index is 3.09. The molecule has 1 aliphatic rings. The van der Waals surface area contributed by atoms with Gasteiger partial charge in [0.05, 0.1) is 18.8 Å². The summed E-state index contributed by atoms with van der Waals surface area (Å²) in [4.78, 5) is 0. The highest BCUT2D eigenvalue weighted by molar-refractivity contribution is 6.74. The van der Waals surface area contributed by atoms with Crippen molar-refractivity contribution in [3.05, 3.63) is 0 Å². The van der Waals surface area contributed by atoms with Gasteiger partial charge in [-0.2, -0.15) is 0 Å². The molecule has 0 unspecified atom stereocenters. The highest BCUT2D eigenvalue weighted by Crippen LogP contribution is 2.43. The third kappa shape index (κ3) is 5.68. The molecule has 0 aromatic rings. The fourth-order valence-corrected chi connectivity index (χ4v) is 10.6. The van der Waals surface area contributed by atoms with Crippen LogP contribution in [0.5, 0.6) is 0 Å². The summed E-state index contributed by atoms with van der Waals surface area (Å²) >= 11 is 0. The van der Waals surface area contributed by atoms with E-state index < -0.39 is 16.6 Å². The van der Waals surface area contributed by atoms with Crippen molar-refractivity contribution in [1.82, 2.24) is 0 Å². The predicted molar refractivity (Wildman–Crippen MR) is 123 cm³/mol. The Morgan fingerprint density at radius 2 is 1.30 bits per heavy atom. The maximum atomic E-state index is 7.07. The Labute approximate surface area is 172 Å². The van der Waals surface area contributed by atoms with Crippen LogP contribution < -0.4 is 0 Å². The minimum atomic E-state index is -1.69. The van der Waals surface area contributed by atoms with Crippen molar-refractivity contribution in [1.29, 1.82) is 0 Å². The minimum Gasteiger partial charge on any atom is -0.414 e. The lowest BCUT2D eigenvalue weighted by atomic mass is 9.90. The van der Waals surface area contributed by atoms with E-state index in [0.29, 0.717) is 18.6 Å². The van der Waals surface area contributed by atoms with Gasteiger partial charge in [0.25, 0.3) is 0 Å².